The van der Waals surface area contributed by atoms with Crippen LogP contribution < -0.4 is 4.74 Å². The van der Waals surface area contributed by atoms with E-state index in [-0.39, 0.29) is 12.3 Å². The average Bonchev–Trinajstić information content (AvgIpc) is 3.16. The van der Waals surface area contributed by atoms with Crippen molar-refractivity contribution < 1.29 is 14.6 Å². The molecule has 2 fully saturated rings. The number of rotatable bonds is 6. The predicted octanol–water partition coefficient (Wildman–Crippen LogP) is 4.35. The molecule has 108 valence electrons. The summed E-state index contributed by atoms with van der Waals surface area (Å²) in [7, 11) is 0. The van der Waals surface area contributed by atoms with Crippen LogP contribution in [0.3, 0.4) is 0 Å². The number of ether oxygens (including phenoxy) is 1. The van der Waals surface area contributed by atoms with Crippen LogP contribution in [0.4, 0.5) is 0 Å². The van der Waals surface area contributed by atoms with Gasteiger partial charge in [0, 0.05) is 0 Å². The summed E-state index contributed by atoms with van der Waals surface area (Å²) < 4.78 is 6.85. The van der Waals surface area contributed by atoms with E-state index in [0.717, 1.165) is 41.5 Å². The lowest BCUT2D eigenvalue weighted by Crippen LogP contribution is -2.24. The summed E-state index contributed by atoms with van der Waals surface area (Å²) in [5.41, 5.74) is 1.11. The number of carboxylic acids is 1. The summed E-state index contributed by atoms with van der Waals surface area (Å²) in [6.45, 7) is 0. The molecule has 1 unspecified atom stereocenters. The fourth-order valence-corrected chi connectivity index (χ4v) is 3.24. The molecule has 0 amide bonds. The highest BCUT2D eigenvalue weighted by atomic mass is 79.9. The fourth-order valence-electron chi connectivity index (χ4n) is 2.75. The van der Waals surface area contributed by atoms with Crippen LogP contribution in [0.15, 0.2) is 22.7 Å². The van der Waals surface area contributed by atoms with Gasteiger partial charge in [0.15, 0.2) is 0 Å². The van der Waals surface area contributed by atoms with Crippen LogP contribution in [0.25, 0.3) is 0 Å². The predicted molar refractivity (Wildman–Crippen MR) is 80.1 cm³/mol. The molecule has 0 aromatic heterocycles. The molecule has 4 heteroatoms. The molecule has 3 nitrogen and oxygen atoms in total. The minimum atomic E-state index is -0.715. The number of carbonyl (C=O) groups is 1. The van der Waals surface area contributed by atoms with Crippen molar-refractivity contribution in [1.82, 2.24) is 0 Å². The smallest absolute Gasteiger partial charge is 0.303 e. The van der Waals surface area contributed by atoms with Gasteiger partial charge >= 0.3 is 5.97 Å². The molecule has 20 heavy (non-hydrogen) atoms. The Balaban J connectivity index is 1.75. The molecule has 0 radical (unpaired) electrons. The lowest BCUT2D eigenvalue weighted by atomic mass is 9.91. The molecular formula is C16H19BrO3. The minimum absolute atomic E-state index is 0.140. The van der Waals surface area contributed by atoms with E-state index < -0.39 is 5.97 Å². The molecular weight excluding hydrogens is 320 g/mol. The van der Waals surface area contributed by atoms with E-state index in [4.69, 9.17) is 9.84 Å². The van der Waals surface area contributed by atoms with Crippen molar-refractivity contribution in [2.45, 2.75) is 50.5 Å². The van der Waals surface area contributed by atoms with Crippen LogP contribution >= 0.6 is 15.9 Å². The second-order valence-corrected chi connectivity index (χ2v) is 6.76. The SMILES string of the molecule is O=C(O)CC(c1ccc(OC2CCC2)c(Br)c1)C1CC1. The molecule has 3 rings (SSSR count). The van der Waals surface area contributed by atoms with Gasteiger partial charge in [0.1, 0.15) is 5.75 Å². The summed E-state index contributed by atoms with van der Waals surface area (Å²) in [6.07, 6.45) is 6.40. The van der Waals surface area contributed by atoms with Crippen molar-refractivity contribution in [3.05, 3.63) is 28.2 Å². The molecule has 0 heterocycles. The first kappa shape index (κ1) is 13.9. The van der Waals surface area contributed by atoms with Gasteiger partial charge in [-0.05, 0) is 77.6 Å². The van der Waals surface area contributed by atoms with Gasteiger partial charge in [-0.1, -0.05) is 6.07 Å². The quantitative estimate of drug-likeness (QED) is 0.838. The maximum Gasteiger partial charge on any atom is 0.303 e. The summed E-state index contributed by atoms with van der Waals surface area (Å²) in [4.78, 5) is 11.0. The van der Waals surface area contributed by atoms with Gasteiger partial charge in [-0.3, -0.25) is 4.79 Å². The van der Waals surface area contributed by atoms with Crippen molar-refractivity contribution in [2.24, 2.45) is 5.92 Å². The van der Waals surface area contributed by atoms with E-state index in [2.05, 4.69) is 15.9 Å². The van der Waals surface area contributed by atoms with Gasteiger partial charge in [-0.25, -0.2) is 0 Å². The van der Waals surface area contributed by atoms with Crippen LogP contribution in [0.5, 0.6) is 5.75 Å². The van der Waals surface area contributed by atoms with Crippen molar-refractivity contribution in [2.75, 3.05) is 0 Å². The van der Waals surface area contributed by atoms with Crippen molar-refractivity contribution in [3.63, 3.8) is 0 Å². The third kappa shape index (κ3) is 3.17. The number of hydrogen-bond acceptors (Lipinski definition) is 2. The number of aliphatic carboxylic acids is 1. The average molecular weight is 339 g/mol. The highest BCUT2D eigenvalue weighted by molar-refractivity contribution is 9.10. The van der Waals surface area contributed by atoms with Crippen LogP contribution in [-0.2, 0) is 4.79 Å². The highest BCUT2D eigenvalue weighted by Crippen LogP contribution is 2.45. The summed E-state index contributed by atoms with van der Waals surface area (Å²) in [5, 5.41) is 9.07. The maximum absolute atomic E-state index is 11.0. The van der Waals surface area contributed by atoms with E-state index in [0.29, 0.717) is 12.0 Å². The molecule has 1 aromatic carbocycles. The second kappa shape index (κ2) is 5.76. The van der Waals surface area contributed by atoms with Gasteiger partial charge in [-0.15, -0.1) is 0 Å². The molecule has 1 aromatic rings. The Labute approximate surface area is 127 Å². The van der Waals surface area contributed by atoms with Crippen LogP contribution in [0, 0.1) is 5.92 Å². The molecule has 2 saturated carbocycles. The van der Waals surface area contributed by atoms with Gasteiger partial charge in [0.25, 0.3) is 0 Å². The second-order valence-electron chi connectivity index (χ2n) is 5.90. The van der Waals surface area contributed by atoms with E-state index >= 15 is 0 Å². The molecule has 0 spiro atoms. The Kier molecular flexibility index (Phi) is 4.01. The Morgan fingerprint density at radius 1 is 1.35 bits per heavy atom. The maximum atomic E-state index is 11.0. The number of carboxylic acid groups (broad SMARTS) is 1. The Morgan fingerprint density at radius 2 is 2.10 bits per heavy atom. The number of halogens is 1. The van der Waals surface area contributed by atoms with E-state index in [1.54, 1.807) is 0 Å². The molecule has 2 aliphatic rings. The summed E-state index contributed by atoms with van der Waals surface area (Å²) in [6, 6.07) is 6.06. The lowest BCUT2D eigenvalue weighted by molar-refractivity contribution is -0.137. The van der Waals surface area contributed by atoms with Gasteiger partial charge in [-0.2, -0.15) is 0 Å². The largest absolute Gasteiger partial charge is 0.489 e. The van der Waals surface area contributed by atoms with Crippen LogP contribution in [0.1, 0.15) is 50.0 Å². The summed E-state index contributed by atoms with van der Waals surface area (Å²) in [5.74, 6) is 0.842. The van der Waals surface area contributed by atoms with Crippen LogP contribution in [0.2, 0.25) is 0 Å². The highest BCUT2D eigenvalue weighted by Gasteiger charge is 2.34. The molecule has 0 saturated heterocycles. The lowest BCUT2D eigenvalue weighted by Gasteiger charge is -2.27. The topological polar surface area (TPSA) is 46.5 Å². The molecule has 0 bridgehead atoms. The fraction of sp³-hybridized carbons (Fsp3) is 0.562. The third-order valence-electron chi connectivity index (χ3n) is 4.32. The van der Waals surface area contributed by atoms with E-state index in [9.17, 15) is 4.79 Å². The zero-order valence-electron chi connectivity index (χ0n) is 11.3. The number of hydrogen-bond donors (Lipinski definition) is 1. The summed E-state index contributed by atoms with van der Waals surface area (Å²) >= 11 is 3.56. The molecule has 1 atom stereocenters. The Morgan fingerprint density at radius 3 is 2.60 bits per heavy atom. The standard InChI is InChI=1S/C16H19BrO3/c17-14-8-11(13(9-16(18)19)10-4-5-10)6-7-15(14)20-12-2-1-3-12/h6-8,10,12-13H,1-5,9H2,(H,18,19). The van der Waals surface area contributed by atoms with E-state index in [1.165, 1.54) is 6.42 Å². The normalized spacial score (nSPS) is 20.2. The minimum Gasteiger partial charge on any atom is -0.489 e. The van der Waals surface area contributed by atoms with Gasteiger partial charge < -0.3 is 9.84 Å². The molecule has 1 N–H and O–H groups in total. The van der Waals surface area contributed by atoms with Crippen molar-refractivity contribution in [3.8, 4) is 5.75 Å². The number of benzene rings is 1. The Bertz CT molecular complexity index is 506. The molecule has 0 aliphatic heterocycles. The third-order valence-corrected chi connectivity index (χ3v) is 4.94. The van der Waals surface area contributed by atoms with E-state index in [1.807, 2.05) is 18.2 Å². The first-order valence-corrected chi connectivity index (χ1v) is 8.10. The van der Waals surface area contributed by atoms with Crippen molar-refractivity contribution in [1.29, 1.82) is 0 Å². The van der Waals surface area contributed by atoms with Gasteiger partial charge in [0.2, 0.25) is 0 Å². The first-order chi connectivity index (χ1) is 9.63. The monoisotopic (exact) mass is 338 g/mol. The molecule has 2 aliphatic carbocycles. The van der Waals surface area contributed by atoms with Gasteiger partial charge in [0.05, 0.1) is 17.0 Å². The van der Waals surface area contributed by atoms with Crippen molar-refractivity contribution >= 4 is 21.9 Å². The first-order valence-electron chi connectivity index (χ1n) is 7.31. The zero-order chi connectivity index (χ0) is 14.1. The Hall–Kier alpha value is -1.03. The zero-order valence-corrected chi connectivity index (χ0v) is 12.9. The van der Waals surface area contributed by atoms with Crippen LogP contribution in [-0.4, -0.2) is 17.2 Å².